The molecular weight excluding hydrogens is 440 g/mol. The third-order valence-corrected chi connectivity index (χ3v) is 5.60. The highest BCUT2D eigenvalue weighted by molar-refractivity contribution is 7.99. The fraction of sp³-hybridized carbons (Fsp3) is 0.0870. The lowest BCUT2D eigenvalue weighted by Gasteiger charge is -2.11. The van der Waals surface area contributed by atoms with E-state index in [-0.39, 0.29) is 11.7 Å². The number of carbonyl (C=O) groups excluding carboxylic acids is 2. The van der Waals surface area contributed by atoms with Crippen LogP contribution < -0.4 is 15.8 Å². The molecule has 0 atom stereocenters. The van der Waals surface area contributed by atoms with Crippen LogP contribution in [-0.4, -0.2) is 44.4 Å². The molecule has 0 unspecified atom stereocenters. The van der Waals surface area contributed by atoms with E-state index in [1.807, 2.05) is 41.0 Å². The second kappa shape index (κ2) is 9.96. The number of benzene rings is 2. The third kappa shape index (κ3) is 5.18. The molecule has 0 saturated heterocycles. The molecule has 33 heavy (non-hydrogen) atoms. The van der Waals surface area contributed by atoms with Gasteiger partial charge in [-0.05, 0) is 60.7 Å². The first-order valence-corrected chi connectivity index (χ1v) is 10.9. The predicted octanol–water partition coefficient (Wildman–Crippen LogP) is 3.17. The highest BCUT2D eigenvalue weighted by atomic mass is 32.2. The summed E-state index contributed by atoms with van der Waals surface area (Å²) < 4.78 is 7.12. The number of methoxy groups -OCH3 is 1. The van der Waals surface area contributed by atoms with E-state index in [9.17, 15) is 9.59 Å². The largest absolute Gasteiger partial charge is 0.497 e. The van der Waals surface area contributed by atoms with Crippen LogP contribution in [0, 0.1) is 0 Å². The number of aromatic nitrogens is 4. The number of hydrogen-bond donors (Lipinski definition) is 2. The highest BCUT2D eigenvalue weighted by Crippen LogP contribution is 2.28. The summed E-state index contributed by atoms with van der Waals surface area (Å²) in [5, 5.41) is 12.0. The highest BCUT2D eigenvalue weighted by Gasteiger charge is 2.18. The number of nitrogens with two attached hydrogens (primary N) is 1. The molecule has 0 aliphatic rings. The molecule has 0 spiro atoms. The first-order valence-electron chi connectivity index (χ1n) is 9.88. The minimum atomic E-state index is -0.522. The lowest BCUT2D eigenvalue weighted by Crippen LogP contribution is -2.15. The van der Waals surface area contributed by atoms with Crippen LogP contribution in [0.25, 0.3) is 17.1 Å². The number of pyridine rings is 1. The predicted molar refractivity (Wildman–Crippen MR) is 125 cm³/mol. The van der Waals surface area contributed by atoms with Gasteiger partial charge in [0.2, 0.25) is 11.8 Å². The van der Waals surface area contributed by atoms with Gasteiger partial charge in [0, 0.05) is 34.9 Å². The summed E-state index contributed by atoms with van der Waals surface area (Å²) in [7, 11) is 1.61. The van der Waals surface area contributed by atoms with Crippen molar-refractivity contribution in [2.24, 2.45) is 5.73 Å². The van der Waals surface area contributed by atoms with Gasteiger partial charge in [0.25, 0.3) is 0 Å². The van der Waals surface area contributed by atoms with Crippen molar-refractivity contribution in [3.8, 4) is 22.8 Å². The molecule has 2 aromatic carbocycles. The fourth-order valence-corrected chi connectivity index (χ4v) is 3.81. The van der Waals surface area contributed by atoms with E-state index in [1.54, 1.807) is 43.8 Å². The van der Waals surface area contributed by atoms with Gasteiger partial charge < -0.3 is 15.8 Å². The van der Waals surface area contributed by atoms with Crippen molar-refractivity contribution in [3.05, 3.63) is 78.6 Å². The molecule has 2 aromatic heterocycles. The van der Waals surface area contributed by atoms with Crippen LogP contribution >= 0.6 is 11.8 Å². The normalized spacial score (nSPS) is 10.6. The Hall–Kier alpha value is -4.18. The molecule has 3 N–H and O–H groups in total. The molecule has 0 fully saturated rings. The second-order valence-electron chi connectivity index (χ2n) is 6.86. The molecule has 9 nitrogen and oxygen atoms in total. The fourth-order valence-electron chi connectivity index (χ4n) is 3.05. The SMILES string of the molecule is COc1ccc(-n2c(SCC(=O)Nc3ccc(C(N)=O)cc3)nnc2-c2cccnc2)cc1. The summed E-state index contributed by atoms with van der Waals surface area (Å²) >= 11 is 1.25. The van der Waals surface area contributed by atoms with Gasteiger partial charge in [-0.3, -0.25) is 19.1 Å². The first-order chi connectivity index (χ1) is 16.0. The maximum Gasteiger partial charge on any atom is 0.248 e. The van der Waals surface area contributed by atoms with E-state index in [0.717, 1.165) is 17.0 Å². The van der Waals surface area contributed by atoms with Crippen LogP contribution in [0.1, 0.15) is 10.4 Å². The Labute approximate surface area is 194 Å². The summed E-state index contributed by atoms with van der Waals surface area (Å²) in [5.41, 5.74) is 7.81. The topological polar surface area (TPSA) is 125 Å². The van der Waals surface area contributed by atoms with E-state index >= 15 is 0 Å². The van der Waals surface area contributed by atoms with Crippen LogP contribution in [0.15, 0.2) is 78.2 Å². The molecule has 4 rings (SSSR count). The number of hydrogen-bond acceptors (Lipinski definition) is 7. The van der Waals surface area contributed by atoms with E-state index in [1.165, 1.54) is 11.8 Å². The quantitative estimate of drug-likeness (QED) is 0.387. The second-order valence-corrected chi connectivity index (χ2v) is 7.80. The molecule has 0 aliphatic carbocycles. The average molecular weight is 461 g/mol. The minimum Gasteiger partial charge on any atom is -0.497 e. The van der Waals surface area contributed by atoms with Crippen LogP contribution in [0.4, 0.5) is 5.69 Å². The molecule has 166 valence electrons. The molecule has 0 saturated carbocycles. The summed E-state index contributed by atoms with van der Waals surface area (Å²) in [6.07, 6.45) is 3.40. The van der Waals surface area contributed by atoms with Crippen LogP contribution in [0.3, 0.4) is 0 Å². The molecule has 10 heteroatoms. The average Bonchev–Trinajstić information content (AvgIpc) is 3.27. The van der Waals surface area contributed by atoms with Crippen molar-refractivity contribution in [1.82, 2.24) is 19.7 Å². The van der Waals surface area contributed by atoms with Gasteiger partial charge in [0.05, 0.1) is 12.9 Å². The number of carbonyl (C=O) groups is 2. The molecule has 0 bridgehead atoms. The van der Waals surface area contributed by atoms with E-state index in [0.29, 0.717) is 22.2 Å². The number of anilines is 1. The number of primary amides is 1. The molecule has 0 radical (unpaired) electrons. The third-order valence-electron chi connectivity index (χ3n) is 4.67. The van der Waals surface area contributed by atoms with Crippen molar-refractivity contribution < 1.29 is 14.3 Å². The lowest BCUT2D eigenvalue weighted by atomic mass is 10.2. The minimum absolute atomic E-state index is 0.110. The van der Waals surface area contributed by atoms with Gasteiger partial charge in [0.1, 0.15) is 5.75 Å². The number of ether oxygens (including phenoxy) is 1. The zero-order valence-corrected chi connectivity index (χ0v) is 18.5. The Balaban J connectivity index is 1.55. The molecule has 2 heterocycles. The monoisotopic (exact) mass is 460 g/mol. The van der Waals surface area contributed by atoms with E-state index in [2.05, 4.69) is 20.5 Å². The Bertz CT molecular complexity index is 1260. The summed E-state index contributed by atoms with van der Waals surface area (Å²) in [6, 6.07) is 17.6. The maximum absolute atomic E-state index is 12.5. The molecular formula is C23H20N6O3S. The van der Waals surface area contributed by atoms with Crippen LogP contribution in [0.2, 0.25) is 0 Å². The summed E-state index contributed by atoms with van der Waals surface area (Å²) in [5.74, 6) is 0.701. The van der Waals surface area contributed by atoms with E-state index in [4.69, 9.17) is 10.5 Å². The Morgan fingerprint density at radius 1 is 1.06 bits per heavy atom. The zero-order valence-electron chi connectivity index (χ0n) is 17.6. The summed E-state index contributed by atoms with van der Waals surface area (Å²) in [4.78, 5) is 27.9. The van der Waals surface area contributed by atoms with E-state index < -0.39 is 5.91 Å². The molecule has 0 aliphatic heterocycles. The van der Waals surface area contributed by atoms with Gasteiger partial charge in [-0.15, -0.1) is 10.2 Å². The Morgan fingerprint density at radius 2 is 1.82 bits per heavy atom. The first kappa shape index (κ1) is 22.0. The van der Waals surface area contributed by atoms with Crippen molar-refractivity contribution >= 4 is 29.3 Å². The van der Waals surface area contributed by atoms with Gasteiger partial charge in [-0.25, -0.2) is 0 Å². The van der Waals surface area contributed by atoms with Gasteiger partial charge in [0.15, 0.2) is 11.0 Å². The van der Waals surface area contributed by atoms with Gasteiger partial charge >= 0.3 is 0 Å². The number of thioether (sulfide) groups is 1. The van der Waals surface area contributed by atoms with Crippen molar-refractivity contribution in [2.75, 3.05) is 18.2 Å². The van der Waals surface area contributed by atoms with Crippen LogP contribution in [0.5, 0.6) is 5.75 Å². The van der Waals surface area contributed by atoms with Gasteiger partial charge in [-0.1, -0.05) is 11.8 Å². The van der Waals surface area contributed by atoms with Crippen LogP contribution in [-0.2, 0) is 4.79 Å². The Morgan fingerprint density at radius 3 is 2.45 bits per heavy atom. The Kier molecular flexibility index (Phi) is 6.65. The number of nitrogens with one attached hydrogen (secondary N) is 1. The lowest BCUT2D eigenvalue weighted by molar-refractivity contribution is -0.113. The van der Waals surface area contributed by atoms with Crippen molar-refractivity contribution in [1.29, 1.82) is 0 Å². The maximum atomic E-state index is 12.5. The van der Waals surface area contributed by atoms with Gasteiger partial charge in [-0.2, -0.15) is 0 Å². The number of amides is 2. The van der Waals surface area contributed by atoms with Crippen molar-refractivity contribution in [3.63, 3.8) is 0 Å². The molecule has 4 aromatic rings. The molecule has 2 amide bonds. The zero-order chi connectivity index (χ0) is 23.2. The summed E-state index contributed by atoms with van der Waals surface area (Å²) in [6.45, 7) is 0. The van der Waals surface area contributed by atoms with Crippen molar-refractivity contribution in [2.45, 2.75) is 5.16 Å². The standard InChI is InChI=1S/C23H20N6O3S/c1-32-19-10-8-18(9-11-19)29-22(16-3-2-12-25-13-16)27-28-23(29)33-14-20(30)26-17-6-4-15(5-7-17)21(24)31/h2-13H,14H2,1H3,(H2,24,31)(H,26,30). The smallest absolute Gasteiger partial charge is 0.248 e. The number of rotatable bonds is 8. The number of nitrogens with zero attached hydrogens (tertiary/aromatic N) is 4.